The molecule has 2 aromatic carbocycles. The highest BCUT2D eigenvalue weighted by Crippen LogP contribution is 2.22. The van der Waals surface area contributed by atoms with E-state index in [1.54, 1.807) is 53.6 Å². The number of hydrogen-bond acceptors (Lipinski definition) is 4. The van der Waals surface area contributed by atoms with Crippen molar-refractivity contribution in [2.45, 2.75) is 0 Å². The monoisotopic (exact) mass is 367 g/mol. The van der Waals surface area contributed by atoms with Gasteiger partial charge in [-0.15, -0.1) is 0 Å². The summed E-state index contributed by atoms with van der Waals surface area (Å²) in [5.41, 5.74) is 3.13. The Hall–Kier alpha value is -3.12. The summed E-state index contributed by atoms with van der Waals surface area (Å²) in [7, 11) is 3.43. The van der Waals surface area contributed by atoms with Crippen LogP contribution in [0.5, 0.6) is 0 Å². The zero-order valence-corrected chi connectivity index (χ0v) is 14.8. The van der Waals surface area contributed by atoms with Crippen LogP contribution in [0.3, 0.4) is 0 Å². The molecule has 0 N–H and O–H groups in total. The standard InChI is InChI=1S/C19H14ClN3O3/c1-22-15-8-3-11(10-16(15)23(2)19(22)25)9-14-18(24)26-17(21-14)12-4-6-13(20)7-5-12/h3-10H,1-2H3/b14-9+. The van der Waals surface area contributed by atoms with Gasteiger partial charge in [0, 0.05) is 24.7 Å². The molecule has 0 fully saturated rings. The molecule has 0 amide bonds. The largest absolute Gasteiger partial charge is 0.402 e. The quantitative estimate of drug-likeness (QED) is 0.516. The van der Waals surface area contributed by atoms with Gasteiger partial charge in [-0.1, -0.05) is 17.7 Å². The number of cyclic esters (lactones) is 1. The maximum atomic E-state index is 12.1. The summed E-state index contributed by atoms with van der Waals surface area (Å²) in [5, 5.41) is 0.594. The molecule has 0 radical (unpaired) electrons. The lowest BCUT2D eigenvalue weighted by atomic mass is 10.1. The van der Waals surface area contributed by atoms with Crippen molar-refractivity contribution >= 4 is 40.6 Å². The molecule has 0 bridgehead atoms. The number of halogens is 1. The Kier molecular flexibility index (Phi) is 3.77. The molecule has 1 aliphatic rings. The number of aliphatic imine (C=N–C) groups is 1. The van der Waals surface area contributed by atoms with Crippen LogP contribution in [0.4, 0.5) is 0 Å². The lowest BCUT2D eigenvalue weighted by Crippen LogP contribution is -2.19. The number of nitrogens with zero attached hydrogens (tertiary/aromatic N) is 3. The van der Waals surface area contributed by atoms with E-state index in [0.717, 1.165) is 16.6 Å². The van der Waals surface area contributed by atoms with E-state index in [4.69, 9.17) is 16.3 Å². The van der Waals surface area contributed by atoms with Crippen molar-refractivity contribution < 1.29 is 9.53 Å². The molecule has 4 rings (SSSR count). The molecule has 0 saturated heterocycles. The van der Waals surface area contributed by atoms with Crippen LogP contribution in [0.25, 0.3) is 17.1 Å². The fraction of sp³-hybridized carbons (Fsp3) is 0.105. The number of hydrogen-bond donors (Lipinski definition) is 0. The molecule has 6 nitrogen and oxygen atoms in total. The highest BCUT2D eigenvalue weighted by molar-refractivity contribution is 6.30. The first-order valence-electron chi connectivity index (χ1n) is 7.88. The lowest BCUT2D eigenvalue weighted by Gasteiger charge is -1.98. The van der Waals surface area contributed by atoms with E-state index in [9.17, 15) is 9.59 Å². The normalized spacial score (nSPS) is 15.6. The molecule has 0 atom stereocenters. The number of aromatic nitrogens is 2. The molecular formula is C19H14ClN3O3. The number of imidazole rings is 1. The minimum Gasteiger partial charge on any atom is -0.402 e. The number of benzene rings is 2. The smallest absolute Gasteiger partial charge is 0.363 e. The van der Waals surface area contributed by atoms with Crippen LogP contribution in [-0.2, 0) is 23.6 Å². The zero-order valence-electron chi connectivity index (χ0n) is 14.1. The Balaban J connectivity index is 1.74. The minimum atomic E-state index is -0.517. The minimum absolute atomic E-state index is 0.104. The number of aryl methyl sites for hydroxylation is 2. The van der Waals surface area contributed by atoms with Crippen LogP contribution < -0.4 is 5.69 Å². The number of esters is 1. The molecule has 0 unspecified atom stereocenters. The van der Waals surface area contributed by atoms with Gasteiger partial charge in [-0.25, -0.2) is 14.6 Å². The molecule has 0 spiro atoms. The summed E-state index contributed by atoms with van der Waals surface area (Å²) in [6.45, 7) is 0. The van der Waals surface area contributed by atoms with Crippen LogP contribution in [0, 0.1) is 0 Å². The molecular weight excluding hydrogens is 354 g/mol. The van der Waals surface area contributed by atoms with E-state index in [2.05, 4.69) is 4.99 Å². The van der Waals surface area contributed by atoms with Crippen molar-refractivity contribution in [3.8, 4) is 0 Å². The van der Waals surface area contributed by atoms with E-state index in [1.165, 1.54) is 0 Å². The molecule has 1 aromatic heterocycles. The van der Waals surface area contributed by atoms with Crippen molar-refractivity contribution in [1.82, 2.24) is 9.13 Å². The van der Waals surface area contributed by atoms with E-state index < -0.39 is 5.97 Å². The third-order valence-corrected chi connectivity index (χ3v) is 4.56. The molecule has 2 heterocycles. The number of fused-ring (bicyclic) bond motifs is 1. The fourth-order valence-electron chi connectivity index (χ4n) is 2.90. The Labute approximate surface area is 153 Å². The highest BCUT2D eigenvalue weighted by Gasteiger charge is 2.24. The fourth-order valence-corrected chi connectivity index (χ4v) is 3.02. The molecule has 7 heteroatoms. The van der Waals surface area contributed by atoms with Crippen LogP contribution in [-0.4, -0.2) is 21.0 Å². The molecule has 3 aromatic rings. The number of ether oxygens (including phenoxy) is 1. The molecule has 1 aliphatic heterocycles. The van der Waals surface area contributed by atoms with Gasteiger partial charge in [0.2, 0.25) is 5.90 Å². The van der Waals surface area contributed by atoms with Gasteiger partial charge < -0.3 is 4.74 Å². The van der Waals surface area contributed by atoms with Crippen molar-refractivity contribution in [2.24, 2.45) is 19.1 Å². The topological polar surface area (TPSA) is 65.6 Å². The Morgan fingerprint density at radius 3 is 2.42 bits per heavy atom. The number of carbonyl (C=O) groups excluding carboxylic acids is 1. The number of carbonyl (C=O) groups is 1. The maximum absolute atomic E-state index is 12.1. The van der Waals surface area contributed by atoms with Gasteiger partial charge in [0.25, 0.3) is 0 Å². The second-order valence-corrected chi connectivity index (χ2v) is 6.43. The molecule has 0 saturated carbocycles. The molecule has 26 heavy (non-hydrogen) atoms. The van der Waals surface area contributed by atoms with Gasteiger partial charge >= 0.3 is 11.7 Å². The van der Waals surface area contributed by atoms with Gasteiger partial charge in [0.05, 0.1) is 11.0 Å². The third-order valence-electron chi connectivity index (χ3n) is 4.31. The molecule has 0 aliphatic carbocycles. The zero-order chi connectivity index (χ0) is 18.4. The van der Waals surface area contributed by atoms with E-state index in [-0.39, 0.29) is 17.3 Å². The van der Waals surface area contributed by atoms with Gasteiger partial charge in [-0.2, -0.15) is 0 Å². The van der Waals surface area contributed by atoms with E-state index in [1.807, 2.05) is 18.2 Å². The van der Waals surface area contributed by atoms with Crippen molar-refractivity contribution in [3.05, 3.63) is 74.8 Å². The third kappa shape index (κ3) is 2.64. The van der Waals surface area contributed by atoms with Crippen LogP contribution in [0.15, 0.2) is 57.9 Å². The summed E-state index contributed by atoms with van der Waals surface area (Å²) in [4.78, 5) is 28.4. The predicted molar refractivity (Wildman–Crippen MR) is 100 cm³/mol. The Morgan fingerprint density at radius 2 is 1.69 bits per heavy atom. The van der Waals surface area contributed by atoms with E-state index >= 15 is 0 Å². The van der Waals surface area contributed by atoms with Gasteiger partial charge in [0.1, 0.15) is 0 Å². The van der Waals surface area contributed by atoms with Crippen LogP contribution in [0.2, 0.25) is 5.02 Å². The Bertz CT molecular complexity index is 1170. The number of rotatable bonds is 2. The second-order valence-electron chi connectivity index (χ2n) is 5.99. The predicted octanol–water partition coefficient (Wildman–Crippen LogP) is 2.87. The first kappa shape index (κ1) is 16.4. The second kappa shape index (κ2) is 6.00. The van der Waals surface area contributed by atoms with E-state index in [0.29, 0.717) is 10.6 Å². The van der Waals surface area contributed by atoms with Gasteiger partial charge in [-0.05, 0) is 48.0 Å². The summed E-state index contributed by atoms with van der Waals surface area (Å²) in [6.07, 6.45) is 1.64. The van der Waals surface area contributed by atoms with Crippen molar-refractivity contribution in [1.29, 1.82) is 0 Å². The first-order chi connectivity index (χ1) is 12.4. The van der Waals surface area contributed by atoms with Gasteiger partial charge in [-0.3, -0.25) is 9.13 Å². The lowest BCUT2D eigenvalue weighted by molar-refractivity contribution is -0.129. The van der Waals surface area contributed by atoms with Gasteiger partial charge in [0.15, 0.2) is 5.70 Å². The summed E-state index contributed by atoms with van der Waals surface area (Å²) < 4.78 is 8.39. The average Bonchev–Trinajstić information content (AvgIpc) is 3.09. The Morgan fingerprint density at radius 1 is 1.00 bits per heavy atom. The summed E-state index contributed by atoms with van der Waals surface area (Å²) in [6, 6.07) is 12.4. The highest BCUT2D eigenvalue weighted by atomic mass is 35.5. The average molecular weight is 368 g/mol. The van der Waals surface area contributed by atoms with Crippen LogP contribution in [0.1, 0.15) is 11.1 Å². The first-order valence-corrected chi connectivity index (χ1v) is 8.26. The SMILES string of the molecule is Cn1c(=O)n(C)c2cc(/C=C3/N=C(c4ccc(Cl)cc4)OC3=O)ccc21. The van der Waals surface area contributed by atoms with Crippen LogP contribution >= 0.6 is 11.6 Å². The van der Waals surface area contributed by atoms with Crippen molar-refractivity contribution in [2.75, 3.05) is 0 Å². The maximum Gasteiger partial charge on any atom is 0.363 e. The summed E-state index contributed by atoms with van der Waals surface area (Å²) in [5.74, 6) is -0.275. The molecule has 130 valence electrons. The van der Waals surface area contributed by atoms with Crippen molar-refractivity contribution in [3.63, 3.8) is 0 Å². The summed E-state index contributed by atoms with van der Waals surface area (Å²) >= 11 is 5.87.